The number of ether oxygens (including phenoxy) is 1. The van der Waals surface area contributed by atoms with E-state index in [0.717, 1.165) is 17.0 Å². The Bertz CT molecular complexity index is 925. The van der Waals surface area contributed by atoms with Gasteiger partial charge in [0, 0.05) is 24.1 Å². The molecule has 2 heterocycles. The zero-order chi connectivity index (χ0) is 20.1. The zero-order valence-corrected chi connectivity index (χ0v) is 16.8. The molecule has 3 rings (SSSR count). The van der Waals surface area contributed by atoms with E-state index in [2.05, 4.69) is 36.2 Å². The molecule has 0 saturated heterocycles. The molecule has 0 unspecified atom stereocenters. The van der Waals surface area contributed by atoms with Crippen molar-refractivity contribution in [2.45, 2.75) is 39.0 Å². The average Bonchev–Trinajstić information content (AvgIpc) is 3.11. The van der Waals surface area contributed by atoms with Crippen LogP contribution in [0.15, 0.2) is 54.7 Å². The van der Waals surface area contributed by atoms with Gasteiger partial charge in [0.25, 0.3) is 0 Å². The lowest BCUT2D eigenvalue weighted by atomic mass is 9.92. The van der Waals surface area contributed by atoms with E-state index >= 15 is 0 Å². The molecular weight excluding hydrogens is 352 g/mol. The molecule has 0 aliphatic heterocycles. The fraction of sp³-hybridized carbons (Fsp3) is 0.318. The molecule has 0 spiro atoms. The van der Waals surface area contributed by atoms with Crippen LogP contribution in [0.25, 0.3) is 5.82 Å². The van der Waals surface area contributed by atoms with Crippen molar-refractivity contribution in [2.75, 3.05) is 12.4 Å². The van der Waals surface area contributed by atoms with E-state index in [9.17, 15) is 4.79 Å². The molecule has 1 aromatic carbocycles. The van der Waals surface area contributed by atoms with Crippen molar-refractivity contribution in [3.05, 3.63) is 66.0 Å². The number of carbonyl (C=O) groups excluding carboxylic acids is 1. The zero-order valence-electron chi connectivity index (χ0n) is 16.8. The summed E-state index contributed by atoms with van der Waals surface area (Å²) in [6.07, 6.45) is 2.74. The molecule has 2 aromatic heterocycles. The molecule has 3 aromatic rings. The molecule has 0 aliphatic carbocycles. The molecular formula is C22H26N4O2. The molecule has 1 amide bonds. The fourth-order valence-corrected chi connectivity index (χ4v) is 2.75. The summed E-state index contributed by atoms with van der Waals surface area (Å²) in [5, 5.41) is 7.66. The minimum atomic E-state index is -0.136. The summed E-state index contributed by atoms with van der Waals surface area (Å²) in [5.41, 5.74) is 1.84. The highest BCUT2D eigenvalue weighted by Crippen LogP contribution is 2.26. The Balaban J connectivity index is 1.74. The van der Waals surface area contributed by atoms with Gasteiger partial charge in [-0.1, -0.05) is 39.0 Å². The minimum Gasteiger partial charge on any atom is -0.497 e. The number of aryl methyl sites for hydroxylation is 1. The molecule has 1 N–H and O–H groups in total. The average molecular weight is 378 g/mol. The number of pyridine rings is 1. The van der Waals surface area contributed by atoms with Crippen LogP contribution in [0, 0.1) is 0 Å². The summed E-state index contributed by atoms with van der Waals surface area (Å²) in [5.74, 6) is 2.04. The standard InChI is InChI=1S/C22H26N4O2/c1-22(2,3)18-15-20(26(25-18)19-7-5-6-14-23-19)24-21(27)13-10-16-8-11-17(28-4)12-9-16/h5-9,11-12,14-15H,10,13H2,1-4H3,(H,24,27). The first-order valence-corrected chi connectivity index (χ1v) is 9.31. The Kier molecular flexibility index (Phi) is 5.78. The van der Waals surface area contributed by atoms with E-state index in [-0.39, 0.29) is 11.3 Å². The van der Waals surface area contributed by atoms with Crippen molar-refractivity contribution in [3.8, 4) is 11.6 Å². The Hall–Kier alpha value is -3.15. The first-order valence-electron chi connectivity index (χ1n) is 9.31. The van der Waals surface area contributed by atoms with Gasteiger partial charge in [-0.15, -0.1) is 0 Å². The van der Waals surface area contributed by atoms with Gasteiger partial charge in [0.1, 0.15) is 11.6 Å². The van der Waals surface area contributed by atoms with Gasteiger partial charge in [-0.05, 0) is 36.2 Å². The Morgan fingerprint density at radius 3 is 2.50 bits per heavy atom. The molecule has 6 nitrogen and oxygen atoms in total. The molecule has 6 heteroatoms. The molecule has 0 aliphatic rings. The lowest BCUT2D eigenvalue weighted by molar-refractivity contribution is -0.116. The number of methoxy groups -OCH3 is 1. The normalized spacial score (nSPS) is 11.3. The number of rotatable bonds is 6. The maximum atomic E-state index is 12.6. The quantitative estimate of drug-likeness (QED) is 0.700. The van der Waals surface area contributed by atoms with Gasteiger partial charge in [-0.2, -0.15) is 9.78 Å². The van der Waals surface area contributed by atoms with Gasteiger partial charge in [0.2, 0.25) is 5.91 Å². The Morgan fingerprint density at radius 2 is 1.89 bits per heavy atom. The number of benzene rings is 1. The van der Waals surface area contributed by atoms with E-state index in [0.29, 0.717) is 24.5 Å². The molecule has 0 radical (unpaired) electrons. The summed E-state index contributed by atoms with van der Waals surface area (Å²) in [6, 6.07) is 15.3. The largest absolute Gasteiger partial charge is 0.497 e. The molecule has 0 atom stereocenters. The van der Waals surface area contributed by atoms with Crippen LogP contribution in [0.4, 0.5) is 5.82 Å². The predicted molar refractivity (Wildman–Crippen MR) is 110 cm³/mol. The van der Waals surface area contributed by atoms with Crippen molar-refractivity contribution in [3.63, 3.8) is 0 Å². The van der Waals surface area contributed by atoms with Crippen molar-refractivity contribution in [1.29, 1.82) is 0 Å². The van der Waals surface area contributed by atoms with Crippen molar-refractivity contribution >= 4 is 11.7 Å². The maximum Gasteiger partial charge on any atom is 0.225 e. The summed E-state index contributed by atoms with van der Waals surface area (Å²) in [7, 11) is 1.64. The molecule has 146 valence electrons. The summed E-state index contributed by atoms with van der Waals surface area (Å²) >= 11 is 0. The SMILES string of the molecule is COc1ccc(CCC(=O)Nc2cc(C(C)(C)C)nn2-c2ccccn2)cc1. The number of nitrogens with one attached hydrogen (secondary N) is 1. The Labute approximate surface area is 165 Å². The van der Waals surface area contributed by atoms with Gasteiger partial charge in [0.05, 0.1) is 12.8 Å². The van der Waals surface area contributed by atoms with Crippen molar-refractivity contribution in [1.82, 2.24) is 14.8 Å². The molecule has 0 fully saturated rings. The van der Waals surface area contributed by atoms with Crippen LogP contribution in [-0.2, 0) is 16.6 Å². The molecule has 0 bridgehead atoms. The molecule has 28 heavy (non-hydrogen) atoms. The number of aromatic nitrogens is 3. The third-order valence-electron chi connectivity index (χ3n) is 4.41. The van der Waals surface area contributed by atoms with E-state index in [1.165, 1.54) is 0 Å². The number of hydrogen-bond acceptors (Lipinski definition) is 4. The second-order valence-corrected chi connectivity index (χ2v) is 7.66. The number of carbonyl (C=O) groups is 1. The first kappa shape index (κ1) is 19.6. The third kappa shape index (κ3) is 4.76. The molecule has 0 saturated carbocycles. The van der Waals surface area contributed by atoms with Gasteiger partial charge < -0.3 is 10.1 Å². The van der Waals surface area contributed by atoms with Gasteiger partial charge in [-0.3, -0.25) is 4.79 Å². The van der Waals surface area contributed by atoms with Crippen LogP contribution in [0.3, 0.4) is 0 Å². The highest BCUT2D eigenvalue weighted by atomic mass is 16.5. The van der Waals surface area contributed by atoms with Gasteiger partial charge in [0.15, 0.2) is 5.82 Å². The van der Waals surface area contributed by atoms with E-state index in [1.807, 2.05) is 48.5 Å². The Morgan fingerprint density at radius 1 is 1.14 bits per heavy atom. The number of amides is 1. The number of hydrogen-bond donors (Lipinski definition) is 1. The maximum absolute atomic E-state index is 12.6. The predicted octanol–water partition coefficient (Wildman–Crippen LogP) is 4.14. The highest BCUT2D eigenvalue weighted by molar-refractivity contribution is 5.90. The second kappa shape index (κ2) is 8.25. The highest BCUT2D eigenvalue weighted by Gasteiger charge is 2.21. The van der Waals surface area contributed by atoms with Crippen LogP contribution in [-0.4, -0.2) is 27.8 Å². The van der Waals surface area contributed by atoms with Gasteiger partial charge in [-0.25, -0.2) is 4.98 Å². The van der Waals surface area contributed by atoms with E-state index in [4.69, 9.17) is 4.74 Å². The second-order valence-electron chi connectivity index (χ2n) is 7.66. The fourth-order valence-electron chi connectivity index (χ4n) is 2.75. The van der Waals surface area contributed by atoms with Crippen LogP contribution < -0.4 is 10.1 Å². The smallest absolute Gasteiger partial charge is 0.225 e. The lowest BCUT2D eigenvalue weighted by Crippen LogP contribution is -2.16. The monoisotopic (exact) mass is 378 g/mol. The summed E-state index contributed by atoms with van der Waals surface area (Å²) in [6.45, 7) is 6.27. The topological polar surface area (TPSA) is 69.0 Å². The van der Waals surface area contributed by atoms with Crippen LogP contribution >= 0.6 is 0 Å². The lowest BCUT2D eigenvalue weighted by Gasteiger charge is -2.13. The first-order chi connectivity index (χ1) is 13.4. The third-order valence-corrected chi connectivity index (χ3v) is 4.41. The van der Waals surface area contributed by atoms with Crippen LogP contribution in [0.1, 0.15) is 38.4 Å². The summed E-state index contributed by atoms with van der Waals surface area (Å²) < 4.78 is 6.85. The number of nitrogens with zero attached hydrogens (tertiary/aromatic N) is 3. The van der Waals surface area contributed by atoms with E-state index in [1.54, 1.807) is 18.0 Å². The summed E-state index contributed by atoms with van der Waals surface area (Å²) in [4.78, 5) is 16.9. The van der Waals surface area contributed by atoms with Crippen LogP contribution in [0.5, 0.6) is 5.75 Å². The van der Waals surface area contributed by atoms with E-state index < -0.39 is 0 Å². The van der Waals surface area contributed by atoms with Crippen molar-refractivity contribution in [2.24, 2.45) is 0 Å². The van der Waals surface area contributed by atoms with Gasteiger partial charge >= 0.3 is 0 Å². The van der Waals surface area contributed by atoms with Crippen LogP contribution in [0.2, 0.25) is 0 Å². The number of anilines is 1. The van der Waals surface area contributed by atoms with Crippen molar-refractivity contribution < 1.29 is 9.53 Å². The minimum absolute atomic E-state index is 0.0617.